The topological polar surface area (TPSA) is 57.7 Å². The lowest BCUT2D eigenvalue weighted by Crippen LogP contribution is -2.31. The Morgan fingerprint density at radius 3 is 2.20 bits per heavy atom. The minimum atomic E-state index is -3.86. The van der Waals surface area contributed by atoms with Crippen molar-refractivity contribution in [2.45, 2.75) is 18.7 Å². The smallest absolute Gasteiger partial charge is 0.264 e. The maximum atomic E-state index is 13.0. The Kier molecular flexibility index (Phi) is 5.79. The van der Waals surface area contributed by atoms with E-state index in [1.807, 2.05) is 13.8 Å². The van der Waals surface area contributed by atoms with Crippen LogP contribution < -0.4 is 4.31 Å². The van der Waals surface area contributed by atoms with Crippen LogP contribution in [0.2, 0.25) is 0 Å². The van der Waals surface area contributed by atoms with Crippen LogP contribution in [-0.4, -0.2) is 39.4 Å². The average Bonchev–Trinajstić information content (AvgIpc) is 2.62. The van der Waals surface area contributed by atoms with Gasteiger partial charge in [0.05, 0.1) is 10.6 Å². The highest BCUT2D eigenvalue weighted by atomic mass is 32.2. The van der Waals surface area contributed by atoms with E-state index in [9.17, 15) is 17.6 Å². The Labute approximate surface area is 147 Å². The highest BCUT2D eigenvalue weighted by Gasteiger charge is 2.23. The van der Waals surface area contributed by atoms with Gasteiger partial charge < -0.3 is 4.90 Å². The zero-order valence-corrected chi connectivity index (χ0v) is 15.3. The van der Waals surface area contributed by atoms with Crippen molar-refractivity contribution in [3.05, 3.63) is 59.9 Å². The van der Waals surface area contributed by atoms with Gasteiger partial charge in [-0.1, -0.05) is 6.07 Å². The molecule has 25 heavy (non-hydrogen) atoms. The summed E-state index contributed by atoms with van der Waals surface area (Å²) in [5.74, 6) is -0.659. The third kappa shape index (κ3) is 3.99. The summed E-state index contributed by atoms with van der Waals surface area (Å²) in [7, 11) is -2.47. The summed E-state index contributed by atoms with van der Waals surface area (Å²) in [6.07, 6.45) is 0. The monoisotopic (exact) mass is 364 g/mol. The van der Waals surface area contributed by atoms with Gasteiger partial charge in [-0.05, 0) is 56.3 Å². The van der Waals surface area contributed by atoms with Crippen molar-refractivity contribution in [2.75, 3.05) is 24.4 Å². The Balaban J connectivity index is 2.38. The molecule has 0 radical (unpaired) electrons. The van der Waals surface area contributed by atoms with E-state index in [0.717, 1.165) is 4.31 Å². The summed E-state index contributed by atoms with van der Waals surface area (Å²) in [6.45, 7) is 4.82. The Morgan fingerprint density at radius 1 is 1.04 bits per heavy atom. The molecule has 0 spiro atoms. The van der Waals surface area contributed by atoms with E-state index in [0.29, 0.717) is 24.3 Å². The molecule has 7 heteroatoms. The van der Waals surface area contributed by atoms with E-state index >= 15 is 0 Å². The van der Waals surface area contributed by atoms with E-state index in [1.165, 1.54) is 43.4 Å². The molecule has 0 aliphatic carbocycles. The van der Waals surface area contributed by atoms with Gasteiger partial charge in [0.15, 0.2) is 0 Å². The molecular weight excluding hydrogens is 343 g/mol. The molecule has 0 aliphatic heterocycles. The van der Waals surface area contributed by atoms with Crippen LogP contribution in [0.4, 0.5) is 10.1 Å². The fraction of sp³-hybridized carbons (Fsp3) is 0.278. The summed E-state index contributed by atoms with van der Waals surface area (Å²) in [5, 5.41) is 0. The first-order valence-corrected chi connectivity index (χ1v) is 9.39. The van der Waals surface area contributed by atoms with E-state index in [2.05, 4.69) is 0 Å². The molecule has 0 heterocycles. The zero-order chi connectivity index (χ0) is 18.6. The van der Waals surface area contributed by atoms with Gasteiger partial charge in [-0.3, -0.25) is 9.10 Å². The van der Waals surface area contributed by atoms with Gasteiger partial charge in [-0.15, -0.1) is 0 Å². The molecule has 134 valence electrons. The number of carbonyl (C=O) groups is 1. The summed E-state index contributed by atoms with van der Waals surface area (Å²) < 4.78 is 39.7. The van der Waals surface area contributed by atoms with Crippen LogP contribution in [0, 0.1) is 5.82 Å². The minimum absolute atomic E-state index is 0.0114. The molecule has 0 unspecified atom stereocenters. The Bertz CT molecular complexity index is 847. The molecule has 2 aromatic rings. The van der Waals surface area contributed by atoms with Crippen LogP contribution in [0.15, 0.2) is 53.4 Å². The fourth-order valence-corrected chi connectivity index (χ4v) is 3.67. The summed E-state index contributed by atoms with van der Waals surface area (Å²) in [4.78, 5) is 14.1. The Morgan fingerprint density at radius 2 is 1.64 bits per heavy atom. The maximum Gasteiger partial charge on any atom is 0.264 e. The van der Waals surface area contributed by atoms with E-state index in [4.69, 9.17) is 0 Å². The summed E-state index contributed by atoms with van der Waals surface area (Å²) >= 11 is 0. The Hall–Kier alpha value is -2.41. The second kappa shape index (κ2) is 7.65. The number of hydrogen-bond donors (Lipinski definition) is 0. The molecule has 0 saturated carbocycles. The predicted molar refractivity (Wildman–Crippen MR) is 95.7 cm³/mol. The number of halogens is 1. The zero-order valence-electron chi connectivity index (χ0n) is 14.4. The van der Waals surface area contributed by atoms with Crippen LogP contribution >= 0.6 is 0 Å². The van der Waals surface area contributed by atoms with Gasteiger partial charge in [-0.25, -0.2) is 12.8 Å². The van der Waals surface area contributed by atoms with Crippen molar-refractivity contribution in [2.24, 2.45) is 0 Å². The first-order valence-electron chi connectivity index (χ1n) is 7.95. The number of amides is 1. The second-order valence-electron chi connectivity index (χ2n) is 5.45. The molecule has 2 aromatic carbocycles. The molecule has 0 atom stereocenters. The number of anilines is 1. The van der Waals surface area contributed by atoms with Crippen molar-refractivity contribution in [1.29, 1.82) is 0 Å². The highest BCUT2D eigenvalue weighted by Crippen LogP contribution is 2.23. The SMILES string of the molecule is CCN(CC)C(=O)c1cccc(S(=O)(=O)N(C)c2ccc(F)cc2)c1. The van der Waals surface area contributed by atoms with Gasteiger partial charge in [0.2, 0.25) is 0 Å². The summed E-state index contributed by atoms with van der Waals surface area (Å²) in [6, 6.07) is 11.1. The standard InChI is InChI=1S/C18H21FN2O3S/c1-4-21(5-2)18(22)14-7-6-8-17(13-14)25(23,24)20(3)16-11-9-15(19)10-12-16/h6-13H,4-5H2,1-3H3. The largest absolute Gasteiger partial charge is 0.339 e. The van der Waals surface area contributed by atoms with Crippen LogP contribution in [-0.2, 0) is 10.0 Å². The second-order valence-corrected chi connectivity index (χ2v) is 7.42. The normalized spacial score (nSPS) is 11.2. The van der Waals surface area contributed by atoms with Crippen molar-refractivity contribution < 1.29 is 17.6 Å². The minimum Gasteiger partial charge on any atom is -0.339 e. The number of hydrogen-bond acceptors (Lipinski definition) is 3. The van der Waals surface area contributed by atoms with Gasteiger partial charge in [-0.2, -0.15) is 0 Å². The lowest BCUT2D eigenvalue weighted by atomic mass is 10.2. The van der Waals surface area contributed by atoms with Crippen molar-refractivity contribution in [3.8, 4) is 0 Å². The summed E-state index contributed by atoms with van der Waals surface area (Å²) in [5.41, 5.74) is 0.652. The average molecular weight is 364 g/mol. The number of carbonyl (C=O) groups excluding carboxylic acids is 1. The molecule has 0 fully saturated rings. The molecule has 0 bridgehead atoms. The van der Waals surface area contributed by atoms with Crippen LogP contribution in [0.25, 0.3) is 0 Å². The molecule has 0 N–H and O–H groups in total. The van der Waals surface area contributed by atoms with E-state index in [1.54, 1.807) is 17.0 Å². The molecule has 0 saturated heterocycles. The number of benzene rings is 2. The third-order valence-corrected chi connectivity index (χ3v) is 5.76. The van der Waals surface area contributed by atoms with Gasteiger partial charge in [0.25, 0.3) is 15.9 Å². The first kappa shape index (κ1) is 18.9. The molecule has 1 amide bonds. The first-order chi connectivity index (χ1) is 11.8. The van der Waals surface area contributed by atoms with Crippen LogP contribution in [0.5, 0.6) is 0 Å². The van der Waals surface area contributed by atoms with Gasteiger partial charge in [0, 0.05) is 25.7 Å². The molecule has 2 rings (SSSR count). The van der Waals surface area contributed by atoms with Crippen LogP contribution in [0.3, 0.4) is 0 Å². The van der Waals surface area contributed by atoms with Crippen LogP contribution in [0.1, 0.15) is 24.2 Å². The quantitative estimate of drug-likeness (QED) is 0.791. The van der Waals surface area contributed by atoms with Gasteiger partial charge in [0.1, 0.15) is 5.82 Å². The van der Waals surface area contributed by atoms with Crippen molar-refractivity contribution in [1.82, 2.24) is 4.90 Å². The van der Waals surface area contributed by atoms with E-state index < -0.39 is 15.8 Å². The number of rotatable bonds is 6. The highest BCUT2D eigenvalue weighted by molar-refractivity contribution is 7.92. The van der Waals surface area contributed by atoms with Crippen molar-refractivity contribution in [3.63, 3.8) is 0 Å². The lowest BCUT2D eigenvalue weighted by Gasteiger charge is -2.21. The third-order valence-electron chi connectivity index (χ3n) is 3.98. The molecule has 0 aliphatic rings. The predicted octanol–water partition coefficient (Wildman–Crippen LogP) is 3.13. The lowest BCUT2D eigenvalue weighted by molar-refractivity contribution is 0.0772. The molecule has 0 aromatic heterocycles. The number of nitrogens with zero attached hydrogens (tertiary/aromatic N) is 2. The molecular formula is C18H21FN2O3S. The van der Waals surface area contributed by atoms with Crippen molar-refractivity contribution >= 4 is 21.6 Å². The fourth-order valence-electron chi connectivity index (χ4n) is 2.43. The maximum absolute atomic E-state index is 13.0. The van der Waals surface area contributed by atoms with E-state index in [-0.39, 0.29) is 10.8 Å². The van der Waals surface area contributed by atoms with Gasteiger partial charge >= 0.3 is 0 Å². The number of sulfonamides is 1. The molecule has 5 nitrogen and oxygen atoms in total.